The van der Waals surface area contributed by atoms with E-state index in [1.807, 2.05) is 36.2 Å². The summed E-state index contributed by atoms with van der Waals surface area (Å²) in [5, 5.41) is 9.39. The molecule has 1 heterocycles. The Morgan fingerprint density at radius 3 is 2.43 bits per heavy atom. The first kappa shape index (κ1) is 16.5. The Labute approximate surface area is 134 Å². The molecule has 0 spiro atoms. The second kappa shape index (κ2) is 6.90. The Kier molecular flexibility index (Phi) is 5.41. The normalized spacial score (nSPS) is 17.6. The number of aliphatic hydroxyl groups excluding tert-OH is 1. The highest BCUT2D eigenvalue weighted by Gasteiger charge is 2.31. The summed E-state index contributed by atoms with van der Waals surface area (Å²) in [6, 6.07) is 7.60. The number of likely N-dealkylation sites (tertiary alicyclic amines) is 1. The molecule has 5 heteroatoms. The maximum atomic E-state index is 12.6. The fourth-order valence-corrected chi connectivity index (χ4v) is 2.95. The van der Waals surface area contributed by atoms with E-state index in [4.69, 9.17) is 0 Å². The summed E-state index contributed by atoms with van der Waals surface area (Å²) in [6.07, 6.45) is -0.203. The van der Waals surface area contributed by atoms with Crippen LogP contribution in [0, 0.1) is 5.92 Å². The fourth-order valence-electron chi connectivity index (χ4n) is 2.68. The van der Waals surface area contributed by atoms with E-state index in [1.165, 1.54) is 0 Å². The molecule has 1 aromatic rings. The van der Waals surface area contributed by atoms with Gasteiger partial charge in [-0.3, -0.25) is 9.69 Å². The van der Waals surface area contributed by atoms with Crippen molar-refractivity contribution in [1.82, 2.24) is 9.80 Å². The highest BCUT2D eigenvalue weighted by atomic mass is 79.9. The molecule has 0 aromatic heterocycles. The maximum Gasteiger partial charge on any atom is 0.253 e. The van der Waals surface area contributed by atoms with Crippen molar-refractivity contribution >= 4 is 21.8 Å². The predicted octanol–water partition coefficient (Wildman–Crippen LogP) is 2.22. The Morgan fingerprint density at radius 2 is 1.95 bits per heavy atom. The smallest absolute Gasteiger partial charge is 0.253 e. The molecule has 1 atom stereocenters. The number of hydrogen-bond donors (Lipinski definition) is 1. The Hall–Kier alpha value is -0.910. The third-order valence-corrected chi connectivity index (χ3v) is 4.59. The third-order valence-electron chi connectivity index (χ3n) is 4.06. The van der Waals surface area contributed by atoms with Crippen LogP contribution in [0.1, 0.15) is 24.2 Å². The molecule has 21 heavy (non-hydrogen) atoms. The van der Waals surface area contributed by atoms with Gasteiger partial charge in [-0.15, -0.1) is 0 Å². The summed E-state index contributed by atoms with van der Waals surface area (Å²) in [6.45, 7) is 6.50. The zero-order valence-electron chi connectivity index (χ0n) is 12.8. The molecule has 1 aliphatic rings. The minimum atomic E-state index is -0.203. The van der Waals surface area contributed by atoms with Crippen LogP contribution in [-0.2, 0) is 0 Å². The largest absolute Gasteiger partial charge is 0.390 e. The van der Waals surface area contributed by atoms with Gasteiger partial charge in [0.15, 0.2) is 0 Å². The number of hydrogen-bond acceptors (Lipinski definition) is 3. The van der Waals surface area contributed by atoms with Crippen LogP contribution in [0.3, 0.4) is 0 Å². The summed E-state index contributed by atoms with van der Waals surface area (Å²) in [7, 11) is 1.87. The van der Waals surface area contributed by atoms with E-state index < -0.39 is 0 Å². The molecule has 1 aromatic carbocycles. The lowest BCUT2D eigenvalue weighted by molar-refractivity contribution is -0.0152. The van der Waals surface area contributed by atoms with Crippen molar-refractivity contribution in [1.29, 1.82) is 0 Å². The van der Waals surface area contributed by atoms with E-state index in [1.54, 1.807) is 0 Å². The van der Waals surface area contributed by atoms with Gasteiger partial charge in [0, 0.05) is 42.8 Å². The lowest BCUT2D eigenvalue weighted by Crippen LogP contribution is -2.57. The van der Waals surface area contributed by atoms with Gasteiger partial charge < -0.3 is 10.0 Å². The van der Waals surface area contributed by atoms with E-state index >= 15 is 0 Å². The second-order valence-electron chi connectivity index (χ2n) is 6.11. The molecular weight excluding hydrogens is 332 g/mol. The maximum absolute atomic E-state index is 12.6. The molecular formula is C16H23BrN2O2. The number of likely N-dealkylation sites (N-methyl/N-ethyl adjacent to an activating group) is 1. The van der Waals surface area contributed by atoms with E-state index in [2.05, 4.69) is 34.7 Å². The fraction of sp³-hybridized carbons (Fsp3) is 0.562. The molecule has 0 bridgehead atoms. The monoisotopic (exact) mass is 354 g/mol. The zero-order chi connectivity index (χ0) is 15.6. The van der Waals surface area contributed by atoms with Crippen LogP contribution >= 0.6 is 15.9 Å². The van der Waals surface area contributed by atoms with Gasteiger partial charge in [0.1, 0.15) is 0 Å². The first-order chi connectivity index (χ1) is 9.88. The van der Waals surface area contributed by atoms with Crippen LogP contribution in [0.4, 0.5) is 0 Å². The molecule has 1 aliphatic heterocycles. The quantitative estimate of drug-likeness (QED) is 0.881. The minimum absolute atomic E-state index is 0.0438. The van der Waals surface area contributed by atoms with E-state index in [-0.39, 0.29) is 18.1 Å². The summed E-state index contributed by atoms with van der Waals surface area (Å²) in [5.74, 6) is 0.411. The SMILES string of the molecule is CC(C)[C@@H](CN1CC(O)C1)N(C)C(=O)c1ccc(Br)cc1. The number of halogens is 1. The van der Waals surface area contributed by atoms with Gasteiger partial charge >= 0.3 is 0 Å². The number of aliphatic hydroxyl groups is 1. The molecule has 1 N–H and O–H groups in total. The number of amides is 1. The van der Waals surface area contributed by atoms with Crippen LogP contribution in [0.25, 0.3) is 0 Å². The van der Waals surface area contributed by atoms with Crippen molar-refractivity contribution in [2.75, 3.05) is 26.7 Å². The Bertz CT molecular complexity index is 484. The number of benzene rings is 1. The summed E-state index contributed by atoms with van der Waals surface area (Å²) in [4.78, 5) is 16.6. The highest BCUT2D eigenvalue weighted by molar-refractivity contribution is 9.10. The zero-order valence-corrected chi connectivity index (χ0v) is 14.4. The van der Waals surface area contributed by atoms with Crippen molar-refractivity contribution in [2.24, 2.45) is 5.92 Å². The van der Waals surface area contributed by atoms with Crippen molar-refractivity contribution < 1.29 is 9.90 Å². The molecule has 0 aliphatic carbocycles. The highest BCUT2D eigenvalue weighted by Crippen LogP contribution is 2.19. The lowest BCUT2D eigenvalue weighted by Gasteiger charge is -2.41. The lowest BCUT2D eigenvalue weighted by atomic mass is 9.99. The van der Waals surface area contributed by atoms with Gasteiger partial charge in [0.2, 0.25) is 0 Å². The number of carbonyl (C=O) groups is 1. The van der Waals surface area contributed by atoms with Gasteiger partial charge in [0.05, 0.1) is 6.10 Å². The van der Waals surface area contributed by atoms with Gasteiger partial charge in [-0.05, 0) is 30.2 Å². The van der Waals surface area contributed by atoms with Gasteiger partial charge in [-0.1, -0.05) is 29.8 Å². The van der Waals surface area contributed by atoms with E-state index in [0.717, 1.165) is 11.0 Å². The first-order valence-corrected chi connectivity index (χ1v) is 8.11. The van der Waals surface area contributed by atoms with Crippen molar-refractivity contribution in [3.63, 3.8) is 0 Å². The van der Waals surface area contributed by atoms with Crippen molar-refractivity contribution in [3.8, 4) is 0 Å². The third kappa shape index (κ3) is 4.05. The molecule has 0 saturated carbocycles. The topological polar surface area (TPSA) is 43.8 Å². The molecule has 1 saturated heterocycles. The van der Waals surface area contributed by atoms with Crippen molar-refractivity contribution in [3.05, 3.63) is 34.3 Å². The summed E-state index contributed by atoms with van der Waals surface area (Å²) in [5.41, 5.74) is 0.704. The average Bonchev–Trinajstić information content (AvgIpc) is 2.41. The van der Waals surface area contributed by atoms with Gasteiger partial charge in [-0.2, -0.15) is 0 Å². The van der Waals surface area contributed by atoms with Crippen LogP contribution in [0.15, 0.2) is 28.7 Å². The Balaban J connectivity index is 2.04. The van der Waals surface area contributed by atoms with Crippen LogP contribution in [0.2, 0.25) is 0 Å². The molecule has 0 radical (unpaired) electrons. The second-order valence-corrected chi connectivity index (χ2v) is 7.02. The van der Waals surface area contributed by atoms with E-state index in [0.29, 0.717) is 24.6 Å². The molecule has 1 amide bonds. The number of nitrogens with zero attached hydrogens (tertiary/aromatic N) is 2. The van der Waals surface area contributed by atoms with E-state index in [9.17, 15) is 9.90 Å². The minimum Gasteiger partial charge on any atom is -0.390 e. The van der Waals surface area contributed by atoms with Crippen LogP contribution in [-0.4, -0.2) is 59.6 Å². The van der Waals surface area contributed by atoms with Crippen LogP contribution < -0.4 is 0 Å². The molecule has 1 fully saturated rings. The standard InChI is InChI=1S/C16H23BrN2O2/c1-11(2)15(10-19-8-14(20)9-19)18(3)16(21)12-4-6-13(17)7-5-12/h4-7,11,14-15,20H,8-10H2,1-3H3/t15-/m1/s1. The van der Waals surface area contributed by atoms with Crippen LogP contribution in [0.5, 0.6) is 0 Å². The average molecular weight is 355 g/mol. The molecule has 116 valence electrons. The number of rotatable bonds is 5. The molecule has 4 nitrogen and oxygen atoms in total. The Morgan fingerprint density at radius 1 is 1.38 bits per heavy atom. The number of carbonyl (C=O) groups excluding carboxylic acids is 1. The number of β-amino-alcohol motifs (C(OH)–C–C–N with tert-alkyl or cyclic N) is 1. The first-order valence-electron chi connectivity index (χ1n) is 7.31. The van der Waals surface area contributed by atoms with Crippen molar-refractivity contribution in [2.45, 2.75) is 26.0 Å². The molecule has 0 unspecified atom stereocenters. The molecule has 2 rings (SSSR count). The summed E-state index contributed by atoms with van der Waals surface area (Å²) < 4.78 is 0.969. The summed E-state index contributed by atoms with van der Waals surface area (Å²) >= 11 is 3.38. The van der Waals surface area contributed by atoms with Gasteiger partial charge in [0.25, 0.3) is 5.91 Å². The van der Waals surface area contributed by atoms with Gasteiger partial charge in [-0.25, -0.2) is 0 Å². The predicted molar refractivity (Wildman–Crippen MR) is 87.3 cm³/mol.